The SMILES string of the molecule is COc1ccc(CCNNC(=N)N)cc1OC. The lowest BCUT2D eigenvalue weighted by atomic mass is 10.1. The highest BCUT2D eigenvalue weighted by Crippen LogP contribution is 2.27. The highest BCUT2D eigenvalue weighted by atomic mass is 16.5. The van der Waals surface area contributed by atoms with E-state index < -0.39 is 0 Å². The van der Waals surface area contributed by atoms with Gasteiger partial charge in [-0.1, -0.05) is 6.07 Å². The maximum absolute atomic E-state index is 6.96. The molecule has 0 saturated carbocycles. The van der Waals surface area contributed by atoms with Crippen LogP contribution in [0.3, 0.4) is 0 Å². The second-order valence-corrected chi connectivity index (χ2v) is 3.40. The van der Waals surface area contributed by atoms with Gasteiger partial charge in [0.15, 0.2) is 17.5 Å². The number of ether oxygens (including phenoxy) is 2. The van der Waals surface area contributed by atoms with Crippen molar-refractivity contribution in [2.24, 2.45) is 5.73 Å². The molecule has 0 bridgehead atoms. The van der Waals surface area contributed by atoms with Gasteiger partial charge in [-0.3, -0.25) is 10.8 Å². The van der Waals surface area contributed by atoms with Gasteiger partial charge in [0.05, 0.1) is 14.2 Å². The quantitative estimate of drug-likeness (QED) is 0.246. The van der Waals surface area contributed by atoms with Crippen molar-refractivity contribution in [2.75, 3.05) is 20.8 Å². The Morgan fingerprint density at radius 1 is 1.29 bits per heavy atom. The molecule has 1 aromatic carbocycles. The largest absolute Gasteiger partial charge is 0.493 e. The lowest BCUT2D eigenvalue weighted by Crippen LogP contribution is -2.42. The molecule has 0 radical (unpaired) electrons. The lowest BCUT2D eigenvalue weighted by Gasteiger charge is -2.10. The van der Waals surface area contributed by atoms with Crippen molar-refractivity contribution in [3.8, 4) is 11.5 Å². The third-order valence-corrected chi connectivity index (χ3v) is 2.21. The minimum atomic E-state index is -0.0997. The molecule has 5 N–H and O–H groups in total. The Hall–Kier alpha value is -1.95. The van der Waals surface area contributed by atoms with E-state index in [1.807, 2.05) is 18.2 Å². The zero-order chi connectivity index (χ0) is 12.7. The number of benzene rings is 1. The molecule has 17 heavy (non-hydrogen) atoms. The van der Waals surface area contributed by atoms with Crippen LogP contribution in [0.2, 0.25) is 0 Å². The van der Waals surface area contributed by atoms with Crippen LogP contribution in [0, 0.1) is 5.41 Å². The van der Waals surface area contributed by atoms with Gasteiger partial charge in [-0.15, -0.1) is 0 Å². The third-order valence-electron chi connectivity index (χ3n) is 2.21. The number of hydrogen-bond donors (Lipinski definition) is 4. The Labute approximate surface area is 101 Å². The second kappa shape index (κ2) is 6.59. The van der Waals surface area contributed by atoms with E-state index in [1.165, 1.54) is 0 Å². The Balaban J connectivity index is 2.51. The van der Waals surface area contributed by atoms with Crippen molar-refractivity contribution in [3.63, 3.8) is 0 Å². The summed E-state index contributed by atoms with van der Waals surface area (Å²) in [6.07, 6.45) is 0.792. The summed E-state index contributed by atoms with van der Waals surface area (Å²) in [5.41, 5.74) is 11.6. The predicted molar refractivity (Wildman–Crippen MR) is 66.3 cm³/mol. The van der Waals surface area contributed by atoms with Crippen LogP contribution in [0.5, 0.6) is 11.5 Å². The van der Waals surface area contributed by atoms with Crippen LogP contribution in [0.25, 0.3) is 0 Å². The van der Waals surface area contributed by atoms with E-state index >= 15 is 0 Å². The lowest BCUT2D eigenvalue weighted by molar-refractivity contribution is 0.354. The predicted octanol–water partition coefficient (Wildman–Crippen LogP) is 0.234. The number of rotatable bonds is 6. The van der Waals surface area contributed by atoms with Crippen molar-refractivity contribution in [3.05, 3.63) is 23.8 Å². The van der Waals surface area contributed by atoms with E-state index in [0.29, 0.717) is 18.0 Å². The fourth-order valence-corrected chi connectivity index (χ4v) is 1.40. The topological polar surface area (TPSA) is 92.4 Å². The number of methoxy groups -OCH3 is 2. The first kappa shape index (κ1) is 13.1. The molecular formula is C11H18N4O2. The van der Waals surface area contributed by atoms with Crippen molar-refractivity contribution in [2.45, 2.75) is 6.42 Å². The van der Waals surface area contributed by atoms with E-state index in [-0.39, 0.29) is 5.96 Å². The summed E-state index contributed by atoms with van der Waals surface area (Å²) in [6.45, 7) is 0.662. The summed E-state index contributed by atoms with van der Waals surface area (Å²) in [7, 11) is 3.22. The second-order valence-electron chi connectivity index (χ2n) is 3.40. The first-order chi connectivity index (χ1) is 8.17. The molecule has 6 nitrogen and oxygen atoms in total. The van der Waals surface area contributed by atoms with Gasteiger partial charge in [0.25, 0.3) is 0 Å². The van der Waals surface area contributed by atoms with Crippen LogP contribution in [-0.2, 0) is 6.42 Å². The molecule has 0 amide bonds. The molecule has 1 aromatic rings. The molecule has 0 aromatic heterocycles. The first-order valence-electron chi connectivity index (χ1n) is 5.21. The van der Waals surface area contributed by atoms with Crippen LogP contribution in [0.1, 0.15) is 5.56 Å². The fraction of sp³-hybridized carbons (Fsp3) is 0.364. The van der Waals surface area contributed by atoms with Crippen molar-refractivity contribution in [1.82, 2.24) is 10.9 Å². The number of guanidine groups is 1. The van der Waals surface area contributed by atoms with E-state index in [9.17, 15) is 0 Å². The molecule has 0 atom stereocenters. The maximum Gasteiger partial charge on any atom is 0.200 e. The number of nitrogens with one attached hydrogen (secondary N) is 3. The molecule has 0 aliphatic carbocycles. The van der Waals surface area contributed by atoms with Gasteiger partial charge in [-0.2, -0.15) is 0 Å². The highest BCUT2D eigenvalue weighted by Gasteiger charge is 2.03. The van der Waals surface area contributed by atoms with E-state index in [0.717, 1.165) is 12.0 Å². The van der Waals surface area contributed by atoms with Crippen LogP contribution in [0.15, 0.2) is 18.2 Å². The Morgan fingerprint density at radius 3 is 2.59 bits per heavy atom. The molecule has 0 spiro atoms. The zero-order valence-electron chi connectivity index (χ0n) is 10.0. The van der Waals surface area contributed by atoms with E-state index in [1.54, 1.807) is 14.2 Å². The fourth-order valence-electron chi connectivity index (χ4n) is 1.40. The van der Waals surface area contributed by atoms with Crippen molar-refractivity contribution >= 4 is 5.96 Å². The average molecular weight is 238 g/mol. The van der Waals surface area contributed by atoms with E-state index in [4.69, 9.17) is 20.6 Å². The Kier molecular flexibility index (Phi) is 5.09. The number of hydrazine groups is 1. The van der Waals surface area contributed by atoms with Gasteiger partial charge in [0.2, 0.25) is 0 Å². The average Bonchev–Trinajstić information content (AvgIpc) is 2.34. The summed E-state index contributed by atoms with van der Waals surface area (Å²) in [4.78, 5) is 0. The Morgan fingerprint density at radius 2 is 2.00 bits per heavy atom. The summed E-state index contributed by atoms with van der Waals surface area (Å²) in [6, 6.07) is 5.76. The standard InChI is InChI=1S/C11H18N4O2/c1-16-9-4-3-8(7-10(9)17-2)5-6-14-15-11(12)13/h3-4,7,14H,5-6H2,1-2H3,(H4,12,13,15). The smallest absolute Gasteiger partial charge is 0.200 e. The minimum absolute atomic E-state index is 0.0997. The van der Waals surface area contributed by atoms with Crippen LogP contribution >= 0.6 is 0 Å². The molecule has 6 heteroatoms. The van der Waals surface area contributed by atoms with Gasteiger partial charge in [0.1, 0.15) is 0 Å². The number of hydrogen-bond acceptors (Lipinski definition) is 4. The van der Waals surface area contributed by atoms with Gasteiger partial charge >= 0.3 is 0 Å². The summed E-state index contributed by atoms with van der Waals surface area (Å²) in [5.74, 6) is 1.33. The van der Waals surface area contributed by atoms with Crippen molar-refractivity contribution in [1.29, 1.82) is 5.41 Å². The summed E-state index contributed by atoms with van der Waals surface area (Å²) in [5, 5.41) is 6.96. The van der Waals surface area contributed by atoms with Crippen molar-refractivity contribution < 1.29 is 9.47 Å². The monoisotopic (exact) mass is 238 g/mol. The highest BCUT2D eigenvalue weighted by molar-refractivity contribution is 5.73. The summed E-state index contributed by atoms with van der Waals surface area (Å²) < 4.78 is 10.4. The van der Waals surface area contributed by atoms with Crippen LogP contribution < -0.4 is 26.1 Å². The molecule has 0 saturated heterocycles. The van der Waals surface area contributed by atoms with Gasteiger partial charge < -0.3 is 15.2 Å². The van der Waals surface area contributed by atoms with Crippen LogP contribution in [0.4, 0.5) is 0 Å². The molecular weight excluding hydrogens is 220 g/mol. The molecule has 0 aliphatic heterocycles. The molecule has 0 fully saturated rings. The maximum atomic E-state index is 6.96. The molecule has 94 valence electrons. The first-order valence-corrected chi connectivity index (χ1v) is 5.21. The van der Waals surface area contributed by atoms with Gasteiger partial charge in [0, 0.05) is 6.54 Å². The zero-order valence-corrected chi connectivity index (χ0v) is 10.0. The van der Waals surface area contributed by atoms with E-state index in [2.05, 4.69) is 10.9 Å². The third kappa shape index (κ3) is 4.20. The molecule has 1 rings (SSSR count). The van der Waals surface area contributed by atoms with Gasteiger partial charge in [-0.05, 0) is 24.1 Å². The number of nitrogens with two attached hydrogens (primary N) is 1. The molecule has 0 unspecified atom stereocenters. The molecule has 0 heterocycles. The normalized spacial score (nSPS) is 9.76. The summed E-state index contributed by atoms with van der Waals surface area (Å²) >= 11 is 0. The molecule has 0 aliphatic rings. The van der Waals surface area contributed by atoms with Crippen LogP contribution in [-0.4, -0.2) is 26.7 Å². The Bertz CT molecular complexity index is 382. The minimum Gasteiger partial charge on any atom is -0.493 e. The van der Waals surface area contributed by atoms with Gasteiger partial charge in [-0.25, -0.2) is 5.43 Å².